The van der Waals surface area contributed by atoms with Gasteiger partial charge in [0.2, 0.25) is 0 Å². The maximum absolute atomic E-state index is 12.4. The lowest BCUT2D eigenvalue weighted by Gasteiger charge is -2.18. The molecule has 0 saturated carbocycles. The molecule has 84 valence electrons. The number of aliphatic hydroxyl groups excluding tert-OH is 1. The van der Waals surface area contributed by atoms with Crippen LogP contribution in [0.1, 0.15) is 17.2 Å². The molecule has 1 aromatic rings. The topological polar surface area (TPSA) is 46.2 Å². The smallest absolute Gasteiger partial charge is 0.392 e. The van der Waals surface area contributed by atoms with Crippen molar-refractivity contribution in [3.8, 4) is 0 Å². The van der Waals surface area contributed by atoms with Crippen LogP contribution in [0.5, 0.6) is 0 Å². The Kier molecular flexibility index (Phi) is 3.75. The van der Waals surface area contributed by atoms with Crippen molar-refractivity contribution in [2.24, 2.45) is 5.73 Å². The summed E-state index contributed by atoms with van der Waals surface area (Å²) in [5, 5.41) is 8.89. The lowest BCUT2D eigenvalue weighted by molar-refractivity contribution is -0.149. The largest absolute Gasteiger partial charge is 0.407 e. The zero-order valence-corrected chi connectivity index (χ0v) is 9.14. The van der Waals surface area contributed by atoms with Crippen LogP contribution < -0.4 is 5.73 Å². The van der Waals surface area contributed by atoms with Crippen molar-refractivity contribution in [2.45, 2.75) is 18.8 Å². The molecule has 6 heteroatoms. The van der Waals surface area contributed by atoms with E-state index in [-0.39, 0.29) is 11.1 Å². The van der Waals surface area contributed by atoms with E-state index in [4.69, 9.17) is 10.8 Å². The molecule has 0 unspecified atom stereocenters. The van der Waals surface area contributed by atoms with E-state index in [1.54, 1.807) is 6.07 Å². The predicted molar refractivity (Wildman–Crippen MR) is 53.0 cm³/mol. The predicted octanol–water partition coefficient (Wildman–Crippen LogP) is 2.50. The molecule has 0 saturated heterocycles. The first-order valence-corrected chi connectivity index (χ1v) is 4.87. The summed E-state index contributed by atoms with van der Waals surface area (Å²) in [5.74, 6) is 0. The Labute approximate surface area is 93.0 Å². The highest BCUT2D eigenvalue weighted by Gasteiger charge is 2.38. The third kappa shape index (κ3) is 2.93. The van der Waals surface area contributed by atoms with E-state index in [0.29, 0.717) is 4.47 Å². The number of rotatable bonds is 2. The number of alkyl halides is 3. The fraction of sp³-hybridized carbons (Fsp3) is 0.333. The van der Waals surface area contributed by atoms with Crippen LogP contribution in [-0.2, 0) is 6.61 Å². The Morgan fingerprint density at radius 3 is 2.47 bits per heavy atom. The van der Waals surface area contributed by atoms with Crippen LogP contribution in [0.15, 0.2) is 22.7 Å². The molecular weight excluding hydrogens is 275 g/mol. The molecule has 0 fully saturated rings. The van der Waals surface area contributed by atoms with E-state index in [9.17, 15) is 13.2 Å². The lowest BCUT2D eigenvalue weighted by atomic mass is 10.0. The van der Waals surface area contributed by atoms with Gasteiger partial charge in [-0.1, -0.05) is 22.0 Å². The molecule has 0 aliphatic heterocycles. The van der Waals surface area contributed by atoms with Crippen LogP contribution in [0.2, 0.25) is 0 Å². The van der Waals surface area contributed by atoms with Gasteiger partial charge in [0.25, 0.3) is 0 Å². The second-order valence-electron chi connectivity index (χ2n) is 3.02. The second kappa shape index (κ2) is 4.51. The van der Waals surface area contributed by atoms with Gasteiger partial charge < -0.3 is 10.8 Å². The molecule has 15 heavy (non-hydrogen) atoms. The van der Waals surface area contributed by atoms with Crippen molar-refractivity contribution < 1.29 is 18.3 Å². The first-order chi connectivity index (χ1) is 6.86. The molecule has 3 N–H and O–H groups in total. The summed E-state index contributed by atoms with van der Waals surface area (Å²) in [7, 11) is 0. The van der Waals surface area contributed by atoms with Crippen molar-refractivity contribution in [1.29, 1.82) is 0 Å². The highest BCUT2D eigenvalue weighted by molar-refractivity contribution is 9.10. The van der Waals surface area contributed by atoms with Crippen molar-refractivity contribution in [3.63, 3.8) is 0 Å². The first kappa shape index (κ1) is 12.5. The molecule has 0 radical (unpaired) electrons. The summed E-state index contributed by atoms with van der Waals surface area (Å²) in [6, 6.07) is 2.16. The molecule has 0 amide bonds. The van der Waals surface area contributed by atoms with Crippen LogP contribution in [0.3, 0.4) is 0 Å². The Bertz CT molecular complexity index is 354. The van der Waals surface area contributed by atoms with Gasteiger partial charge in [-0.2, -0.15) is 13.2 Å². The molecule has 0 heterocycles. The van der Waals surface area contributed by atoms with E-state index in [2.05, 4.69) is 15.9 Å². The summed E-state index contributed by atoms with van der Waals surface area (Å²) in [4.78, 5) is 0. The number of nitrogens with two attached hydrogens (primary N) is 1. The van der Waals surface area contributed by atoms with Gasteiger partial charge in [-0.3, -0.25) is 0 Å². The van der Waals surface area contributed by atoms with Crippen LogP contribution in [-0.4, -0.2) is 11.3 Å². The maximum Gasteiger partial charge on any atom is 0.407 e. The Hall–Kier alpha value is -0.590. The summed E-state index contributed by atoms with van der Waals surface area (Å²) in [6.07, 6.45) is -4.51. The number of hydrogen-bond donors (Lipinski definition) is 2. The highest BCUT2D eigenvalue weighted by Crippen LogP contribution is 2.33. The third-order valence-electron chi connectivity index (χ3n) is 1.97. The van der Waals surface area contributed by atoms with Crippen LogP contribution in [0.25, 0.3) is 0 Å². The second-order valence-corrected chi connectivity index (χ2v) is 3.94. The Balaban J connectivity index is 3.17. The molecule has 0 aromatic heterocycles. The van der Waals surface area contributed by atoms with Gasteiger partial charge in [-0.25, -0.2) is 0 Å². The minimum Gasteiger partial charge on any atom is -0.392 e. The molecule has 0 aliphatic rings. The fourth-order valence-electron chi connectivity index (χ4n) is 1.18. The Morgan fingerprint density at radius 1 is 1.40 bits per heavy atom. The van der Waals surface area contributed by atoms with E-state index < -0.39 is 18.8 Å². The van der Waals surface area contributed by atoms with Crippen molar-refractivity contribution in [3.05, 3.63) is 33.8 Å². The average molecular weight is 284 g/mol. The molecule has 2 nitrogen and oxygen atoms in total. The van der Waals surface area contributed by atoms with E-state index >= 15 is 0 Å². The van der Waals surface area contributed by atoms with Gasteiger partial charge in [0.05, 0.1) is 6.61 Å². The van der Waals surface area contributed by atoms with E-state index in [1.165, 1.54) is 12.1 Å². The molecule has 0 aliphatic carbocycles. The average Bonchev–Trinajstić information content (AvgIpc) is 2.15. The van der Waals surface area contributed by atoms with Crippen LogP contribution >= 0.6 is 15.9 Å². The number of aliphatic hydroxyl groups is 1. The van der Waals surface area contributed by atoms with Crippen molar-refractivity contribution in [1.82, 2.24) is 0 Å². The molecule has 0 spiro atoms. The SMILES string of the molecule is N[C@@H](c1cc(Br)ccc1CO)C(F)(F)F. The monoisotopic (exact) mass is 283 g/mol. The zero-order valence-electron chi connectivity index (χ0n) is 7.55. The normalized spacial score (nSPS) is 14.0. The third-order valence-corrected chi connectivity index (χ3v) is 2.46. The first-order valence-electron chi connectivity index (χ1n) is 4.07. The van der Waals surface area contributed by atoms with Gasteiger partial charge in [0.1, 0.15) is 6.04 Å². The summed E-state index contributed by atoms with van der Waals surface area (Å²) in [6.45, 7) is -0.466. The minimum absolute atomic E-state index is 0.112. The van der Waals surface area contributed by atoms with Gasteiger partial charge in [-0.15, -0.1) is 0 Å². The summed E-state index contributed by atoms with van der Waals surface area (Å²) in [5.41, 5.74) is 5.13. The van der Waals surface area contributed by atoms with Gasteiger partial charge >= 0.3 is 6.18 Å². The molecule has 0 bridgehead atoms. The number of benzene rings is 1. The number of halogens is 4. The molecule has 1 aromatic carbocycles. The van der Waals surface area contributed by atoms with Crippen LogP contribution in [0.4, 0.5) is 13.2 Å². The van der Waals surface area contributed by atoms with E-state index in [0.717, 1.165) is 0 Å². The van der Waals surface area contributed by atoms with E-state index in [1.807, 2.05) is 0 Å². The van der Waals surface area contributed by atoms with Crippen molar-refractivity contribution >= 4 is 15.9 Å². The fourth-order valence-corrected chi connectivity index (χ4v) is 1.55. The lowest BCUT2D eigenvalue weighted by Crippen LogP contribution is -2.29. The van der Waals surface area contributed by atoms with Gasteiger partial charge in [0.15, 0.2) is 0 Å². The summed E-state index contributed by atoms with van der Waals surface area (Å²) < 4.78 is 37.6. The molecule has 1 atom stereocenters. The number of hydrogen-bond acceptors (Lipinski definition) is 2. The molecular formula is C9H9BrF3NO. The molecule has 1 rings (SSSR count). The quantitative estimate of drug-likeness (QED) is 0.876. The summed E-state index contributed by atoms with van der Waals surface area (Å²) >= 11 is 3.06. The van der Waals surface area contributed by atoms with Crippen LogP contribution in [0, 0.1) is 0 Å². The Morgan fingerprint density at radius 2 is 2.00 bits per heavy atom. The minimum atomic E-state index is -4.51. The van der Waals surface area contributed by atoms with Gasteiger partial charge in [-0.05, 0) is 23.3 Å². The zero-order chi connectivity index (χ0) is 11.6. The van der Waals surface area contributed by atoms with Gasteiger partial charge in [0, 0.05) is 4.47 Å². The maximum atomic E-state index is 12.4. The van der Waals surface area contributed by atoms with Crippen molar-refractivity contribution in [2.75, 3.05) is 0 Å². The highest BCUT2D eigenvalue weighted by atomic mass is 79.9. The standard InChI is InChI=1S/C9H9BrF3NO/c10-6-2-1-5(4-15)7(3-6)8(14)9(11,12)13/h1-3,8,15H,4,14H2/t8-/m0/s1.